The minimum Gasteiger partial charge on any atom is -0.422 e. The van der Waals surface area contributed by atoms with Crippen LogP contribution in [0.2, 0.25) is 5.02 Å². The number of halogens is 1. The van der Waals surface area contributed by atoms with E-state index < -0.39 is 5.97 Å². The highest BCUT2D eigenvalue weighted by Crippen LogP contribution is 2.23. The zero-order chi connectivity index (χ0) is 14.7. The number of benzene rings is 2. The predicted octanol–water partition coefficient (Wildman–Crippen LogP) is 4.07. The number of carbonyl (C=O) groups is 2. The average Bonchev–Trinajstić information content (AvgIpc) is 2.41. The zero-order valence-corrected chi connectivity index (χ0v) is 11.9. The molecule has 0 aliphatic rings. The normalized spacial score (nSPS) is 10.2. The first-order valence-corrected chi connectivity index (χ1v) is 6.45. The summed E-state index contributed by atoms with van der Waals surface area (Å²) in [4.78, 5) is 23.7. The van der Waals surface area contributed by atoms with Gasteiger partial charge in [0.2, 0.25) is 0 Å². The van der Waals surface area contributed by atoms with Crippen molar-refractivity contribution in [2.75, 3.05) is 0 Å². The Morgan fingerprint density at radius 1 is 1.05 bits per heavy atom. The lowest BCUT2D eigenvalue weighted by Crippen LogP contribution is -2.11. The van der Waals surface area contributed by atoms with E-state index in [1.54, 1.807) is 42.5 Å². The second-order valence-corrected chi connectivity index (χ2v) is 4.83. The van der Waals surface area contributed by atoms with Gasteiger partial charge in [-0.05, 0) is 38.1 Å². The van der Waals surface area contributed by atoms with Gasteiger partial charge in [-0.2, -0.15) is 0 Å². The lowest BCUT2D eigenvalue weighted by molar-refractivity contribution is 0.0733. The Morgan fingerprint density at radius 2 is 1.75 bits per heavy atom. The molecule has 4 heteroatoms. The third-order valence-corrected chi connectivity index (χ3v) is 3.14. The molecule has 0 atom stereocenters. The number of hydrogen-bond donors (Lipinski definition) is 0. The highest BCUT2D eigenvalue weighted by atomic mass is 35.5. The Balaban J connectivity index is 2.33. The maximum absolute atomic E-state index is 12.1. The molecule has 0 aliphatic heterocycles. The van der Waals surface area contributed by atoms with E-state index in [0.717, 1.165) is 5.56 Å². The number of ketones is 1. The minimum absolute atomic E-state index is 0.157. The van der Waals surface area contributed by atoms with Gasteiger partial charge in [0.05, 0.1) is 16.1 Å². The molecule has 0 saturated carbocycles. The highest BCUT2D eigenvalue weighted by Gasteiger charge is 2.16. The topological polar surface area (TPSA) is 43.4 Å². The van der Waals surface area contributed by atoms with Gasteiger partial charge in [0, 0.05) is 0 Å². The smallest absolute Gasteiger partial charge is 0.345 e. The Hall–Kier alpha value is -2.13. The van der Waals surface area contributed by atoms with Crippen molar-refractivity contribution in [3.05, 3.63) is 64.2 Å². The molecule has 0 spiro atoms. The van der Waals surface area contributed by atoms with Crippen LogP contribution < -0.4 is 4.74 Å². The molecule has 3 nitrogen and oxygen atoms in total. The van der Waals surface area contributed by atoms with Gasteiger partial charge in [-0.25, -0.2) is 4.79 Å². The molecule has 0 saturated heterocycles. The first-order chi connectivity index (χ1) is 9.49. The first kappa shape index (κ1) is 14.3. The zero-order valence-electron chi connectivity index (χ0n) is 11.1. The number of hydrogen-bond acceptors (Lipinski definition) is 3. The van der Waals surface area contributed by atoms with E-state index in [1.807, 2.05) is 6.92 Å². The van der Waals surface area contributed by atoms with Crippen LogP contribution in [0.25, 0.3) is 0 Å². The monoisotopic (exact) mass is 288 g/mol. The summed E-state index contributed by atoms with van der Waals surface area (Å²) in [5.41, 5.74) is 1.57. The Morgan fingerprint density at radius 3 is 2.40 bits per heavy atom. The highest BCUT2D eigenvalue weighted by molar-refractivity contribution is 6.33. The maximum atomic E-state index is 12.1. The molecule has 102 valence electrons. The van der Waals surface area contributed by atoms with Crippen molar-refractivity contribution >= 4 is 23.4 Å². The molecule has 20 heavy (non-hydrogen) atoms. The molecule has 2 rings (SSSR count). The summed E-state index contributed by atoms with van der Waals surface area (Å²) >= 11 is 5.95. The summed E-state index contributed by atoms with van der Waals surface area (Å²) in [6.07, 6.45) is 0. The van der Waals surface area contributed by atoms with Crippen molar-refractivity contribution in [3.63, 3.8) is 0 Å². The van der Waals surface area contributed by atoms with Gasteiger partial charge in [0.15, 0.2) is 5.78 Å². The number of rotatable bonds is 3. The van der Waals surface area contributed by atoms with Crippen molar-refractivity contribution in [1.29, 1.82) is 0 Å². The summed E-state index contributed by atoms with van der Waals surface area (Å²) < 4.78 is 5.28. The molecular weight excluding hydrogens is 276 g/mol. The summed E-state index contributed by atoms with van der Waals surface area (Å²) in [7, 11) is 0. The van der Waals surface area contributed by atoms with Crippen LogP contribution in [0.3, 0.4) is 0 Å². The van der Waals surface area contributed by atoms with Crippen LogP contribution in [0.4, 0.5) is 0 Å². The van der Waals surface area contributed by atoms with Crippen LogP contribution in [-0.4, -0.2) is 11.8 Å². The van der Waals surface area contributed by atoms with E-state index in [9.17, 15) is 9.59 Å². The van der Waals surface area contributed by atoms with Crippen LogP contribution in [-0.2, 0) is 0 Å². The average molecular weight is 289 g/mol. The molecule has 2 aromatic rings. The van der Waals surface area contributed by atoms with Gasteiger partial charge >= 0.3 is 5.97 Å². The molecule has 2 aromatic carbocycles. The van der Waals surface area contributed by atoms with Crippen LogP contribution in [0.1, 0.15) is 33.2 Å². The molecule has 0 amide bonds. The lowest BCUT2D eigenvalue weighted by atomic mass is 10.1. The lowest BCUT2D eigenvalue weighted by Gasteiger charge is -2.09. The largest absolute Gasteiger partial charge is 0.422 e. The van der Waals surface area contributed by atoms with Gasteiger partial charge in [-0.1, -0.05) is 35.4 Å². The molecule has 0 heterocycles. The van der Waals surface area contributed by atoms with Crippen LogP contribution in [0, 0.1) is 6.92 Å². The van der Waals surface area contributed by atoms with Gasteiger partial charge in [-0.15, -0.1) is 0 Å². The Kier molecular flexibility index (Phi) is 4.20. The quantitative estimate of drug-likeness (QED) is 0.486. The van der Waals surface area contributed by atoms with E-state index >= 15 is 0 Å². The third-order valence-electron chi connectivity index (χ3n) is 2.81. The minimum atomic E-state index is -0.582. The van der Waals surface area contributed by atoms with Gasteiger partial charge in [-0.3, -0.25) is 4.79 Å². The first-order valence-electron chi connectivity index (χ1n) is 6.07. The number of aryl methyl sites for hydroxylation is 1. The molecular formula is C16H13ClO3. The van der Waals surface area contributed by atoms with Gasteiger partial charge < -0.3 is 4.74 Å². The van der Waals surface area contributed by atoms with E-state index in [-0.39, 0.29) is 17.1 Å². The van der Waals surface area contributed by atoms with Crippen LogP contribution >= 0.6 is 11.6 Å². The summed E-state index contributed by atoms with van der Waals surface area (Å²) in [5, 5.41) is 0.314. The fraction of sp³-hybridized carbons (Fsp3) is 0.125. The van der Waals surface area contributed by atoms with E-state index in [1.165, 1.54) is 6.92 Å². The molecule has 0 unspecified atom stereocenters. The van der Waals surface area contributed by atoms with Gasteiger partial charge in [0.25, 0.3) is 0 Å². The molecule has 0 aliphatic carbocycles. The summed E-state index contributed by atoms with van der Waals surface area (Å²) in [6, 6.07) is 11.7. The summed E-state index contributed by atoms with van der Waals surface area (Å²) in [5.74, 6) is -0.495. The van der Waals surface area contributed by atoms with Crippen LogP contribution in [0.15, 0.2) is 42.5 Å². The second kappa shape index (κ2) is 5.88. The Labute approximate surface area is 122 Å². The number of carbonyl (C=O) groups excluding carboxylic acids is 2. The van der Waals surface area contributed by atoms with Crippen molar-refractivity contribution in [2.45, 2.75) is 13.8 Å². The van der Waals surface area contributed by atoms with Crippen molar-refractivity contribution in [1.82, 2.24) is 0 Å². The molecule has 0 aromatic heterocycles. The fourth-order valence-corrected chi connectivity index (χ4v) is 2.00. The molecule has 0 bridgehead atoms. The maximum Gasteiger partial charge on any atom is 0.345 e. The van der Waals surface area contributed by atoms with Crippen molar-refractivity contribution < 1.29 is 14.3 Å². The second-order valence-electron chi connectivity index (χ2n) is 4.43. The van der Waals surface area contributed by atoms with Crippen LogP contribution in [0.5, 0.6) is 5.75 Å². The number of esters is 1. The van der Waals surface area contributed by atoms with Gasteiger partial charge in [0.1, 0.15) is 5.75 Å². The SMILES string of the molecule is CC(=O)c1cc(C)ccc1OC(=O)c1ccccc1Cl. The summed E-state index contributed by atoms with van der Waals surface area (Å²) in [6.45, 7) is 3.30. The van der Waals surface area contributed by atoms with E-state index in [4.69, 9.17) is 16.3 Å². The molecule has 0 N–H and O–H groups in total. The molecule has 0 radical (unpaired) electrons. The third kappa shape index (κ3) is 3.06. The number of ether oxygens (including phenoxy) is 1. The Bertz CT molecular complexity index is 677. The standard InChI is InChI=1S/C16H13ClO3/c1-10-7-8-15(13(9-10)11(2)18)20-16(19)12-5-3-4-6-14(12)17/h3-9H,1-2H3. The number of Topliss-reactive ketones (excluding diaryl/α,β-unsaturated/α-hetero) is 1. The molecule has 0 fully saturated rings. The van der Waals surface area contributed by atoms with Crippen molar-refractivity contribution in [2.24, 2.45) is 0 Å². The predicted molar refractivity (Wildman–Crippen MR) is 77.6 cm³/mol. The van der Waals surface area contributed by atoms with E-state index in [2.05, 4.69) is 0 Å². The fourth-order valence-electron chi connectivity index (χ4n) is 1.79. The van der Waals surface area contributed by atoms with E-state index in [0.29, 0.717) is 10.6 Å². The van der Waals surface area contributed by atoms with Crippen molar-refractivity contribution in [3.8, 4) is 5.75 Å².